The molecular weight excluding hydrogens is 360 g/mol. The zero-order chi connectivity index (χ0) is 21.3. The van der Waals surface area contributed by atoms with E-state index in [4.69, 9.17) is 0 Å². The van der Waals surface area contributed by atoms with E-state index in [1.165, 1.54) is 112 Å². The van der Waals surface area contributed by atoms with Gasteiger partial charge in [-0.3, -0.25) is 0 Å². The van der Waals surface area contributed by atoms with E-state index in [0.717, 1.165) is 0 Å². The van der Waals surface area contributed by atoms with Gasteiger partial charge in [-0.2, -0.15) is 0 Å². The summed E-state index contributed by atoms with van der Waals surface area (Å²) in [4.78, 5) is 0. The van der Waals surface area contributed by atoms with Crippen molar-refractivity contribution in [3.63, 3.8) is 0 Å². The van der Waals surface area contributed by atoms with Crippen LogP contribution in [0.25, 0.3) is 12.2 Å². The van der Waals surface area contributed by atoms with Gasteiger partial charge in [0.2, 0.25) is 0 Å². The lowest BCUT2D eigenvalue weighted by Gasteiger charge is -2.10. The Labute approximate surface area is 186 Å². The Bertz CT molecular complexity index is 695. The number of rotatable bonds is 16. The van der Waals surface area contributed by atoms with Crippen molar-refractivity contribution in [2.24, 2.45) is 0 Å². The summed E-state index contributed by atoms with van der Waals surface area (Å²) in [7, 11) is 0. The van der Waals surface area contributed by atoms with Crippen LogP contribution in [0.2, 0.25) is 0 Å². The number of benzene rings is 2. The van der Waals surface area contributed by atoms with Gasteiger partial charge in [0.1, 0.15) is 0 Å². The van der Waals surface area contributed by atoms with Gasteiger partial charge in [0.05, 0.1) is 0 Å². The summed E-state index contributed by atoms with van der Waals surface area (Å²) in [6.07, 6.45) is 23.4. The molecule has 2 aromatic carbocycles. The van der Waals surface area contributed by atoms with Gasteiger partial charge in [-0.05, 0) is 47.9 Å². The Morgan fingerprint density at radius 1 is 0.567 bits per heavy atom. The van der Waals surface area contributed by atoms with Crippen LogP contribution in [0.15, 0.2) is 48.5 Å². The molecule has 0 aromatic heterocycles. The van der Waals surface area contributed by atoms with E-state index >= 15 is 0 Å². The first-order valence-electron chi connectivity index (χ1n) is 12.7. The standard InChI is InChI=1S/C30H44/c1-3-5-7-9-11-14-20-28-23-24-29(21-17-12-10-8-6-4-2)30(26-28)25-22-27-18-15-13-16-19-27/h13,15-16,18-19,22-26H,3-12,14,17,20-21H2,1-2H3/b25-22+. The fraction of sp³-hybridized carbons (Fsp3) is 0.533. The van der Waals surface area contributed by atoms with Crippen LogP contribution in [0.5, 0.6) is 0 Å². The first kappa shape index (κ1) is 24.4. The molecule has 0 heteroatoms. The number of hydrogen-bond donors (Lipinski definition) is 0. The van der Waals surface area contributed by atoms with Crippen molar-refractivity contribution in [2.45, 2.75) is 104 Å². The fourth-order valence-corrected chi connectivity index (χ4v) is 4.14. The second kappa shape index (κ2) is 15.9. The second-order valence-electron chi connectivity index (χ2n) is 8.81. The zero-order valence-corrected chi connectivity index (χ0v) is 19.7. The molecule has 0 unspecified atom stereocenters. The highest BCUT2D eigenvalue weighted by molar-refractivity contribution is 5.71. The summed E-state index contributed by atoms with van der Waals surface area (Å²) < 4.78 is 0. The molecule has 0 aliphatic rings. The number of unbranched alkanes of at least 4 members (excludes halogenated alkanes) is 10. The normalized spacial score (nSPS) is 11.4. The average molecular weight is 405 g/mol. The molecule has 0 nitrogen and oxygen atoms in total. The predicted octanol–water partition coefficient (Wildman–Crippen LogP) is 9.66. The van der Waals surface area contributed by atoms with E-state index in [-0.39, 0.29) is 0 Å². The first-order chi connectivity index (χ1) is 14.8. The monoisotopic (exact) mass is 404 g/mol. The molecule has 0 bridgehead atoms. The van der Waals surface area contributed by atoms with Crippen molar-refractivity contribution in [2.75, 3.05) is 0 Å². The minimum atomic E-state index is 1.21. The molecule has 0 atom stereocenters. The Morgan fingerprint density at radius 2 is 1.17 bits per heavy atom. The Balaban J connectivity index is 1.95. The highest BCUT2D eigenvalue weighted by Crippen LogP contribution is 2.20. The van der Waals surface area contributed by atoms with E-state index in [1.807, 2.05) is 0 Å². The molecule has 0 amide bonds. The van der Waals surface area contributed by atoms with Gasteiger partial charge in [-0.25, -0.2) is 0 Å². The third kappa shape index (κ3) is 10.3. The van der Waals surface area contributed by atoms with Crippen molar-refractivity contribution in [3.05, 3.63) is 70.8 Å². The van der Waals surface area contributed by atoms with Gasteiger partial charge in [0.15, 0.2) is 0 Å². The maximum Gasteiger partial charge on any atom is -0.0222 e. The zero-order valence-electron chi connectivity index (χ0n) is 19.7. The summed E-state index contributed by atoms with van der Waals surface area (Å²) >= 11 is 0. The SMILES string of the molecule is CCCCCCCCc1ccc(CCCCCCCC)c(/C=C/c2ccccc2)c1. The van der Waals surface area contributed by atoms with E-state index in [0.29, 0.717) is 0 Å². The Hall–Kier alpha value is -1.82. The number of hydrogen-bond acceptors (Lipinski definition) is 0. The summed E-state index contributed by atoms with van der Waals surface area (Å²) in [5.74, 6) is 0. The van der Waals surface area contributed by atoms with Crippen molar-refractivity contribution in [3.8, 4) is 0 Å². The largest absolute Gasteiger partial charge is 0.0654 e. The maximum absolute atomic E-state index is 2.46. The molecule has 2 rings (SSSR count). The van der Waals surface area contributed by atoms with Gasteiger partial charge in [-0.1, -0.05) is 139 Å². The first-order valence-corrected chi connectivity index (χ1v) is 12.7. The van der Waals surface area contributed by atoms with E-state index in [9.17, 15) is 0 Å². The van der Waals surface area contributed by atoms with Crippen LogP contribution in [-0.2, 0) is 12.8 Å². The van der Waals surface area contributed by atoms with Crippen LogP contribution in [0, 0.1) is 0 Å². The molecular formula is C30H44. The lowest BCUT2D eigenvalue weighted by atomic mass is 9.95. The molecule has 0 aliphatic carbocycles. The highest BCUT2D eigenvalue weighted by atomic mass is 14.1. The quantitative estimate of drug-likeness (QED) is 0.193. The predicted molar refractivity (Wildman–Crippen MR) is 136 cm³/mol. The molecule has 0 saturated heterocycles. The lowest BCUT2D eigenvalue weighted by molar-refractivity contribution is 0.606. The maximum atomic E-state index is 2.46. The van der Waals surface area contributed by atoms with Gasteiger partial charge in [0, 0.05) is 0 Å². The molecule has 0 fully saturated rings. The summed E-state index contributed by atoms with van der Waals surface area (Å²) in [5.41, 5.74) is 5.73. The lowest BCUT2D eigenvalue weighted by Crippen LogP contribution is -1.94. The van der Waals surface area contributed by atoms with Gasteiger partial charge in [0.25, 0.3) is 0 Å². The third-order valence-corrected chi connectivity index (χ3v) is 6.08. The minimum Gasteiger partial charge on any atom is -0.0654 e. The molecule has 0 saturated carbocycles. The summed E-state index contributed by atoms with van der Waals surface area (Å²) in [5, 5.41) is 0. The highest BCUT2D eigenvalue weighted by Gasteiger charge is 2.03. The van der Waals surface area contributed by atoms with E-state index in [1.54, 1.807) is 0 Å². The Morgan fingerprint density at radius 3 is 1.83 bits per heavy atom. The van der Waals surface area contributed by atoms with E-state index in [2.05, 4.69) is 74.5 Å². The molecule has 0 N–H and O–H groups in total. The molecule has 0 heterocycles. The molecule has 0 radical (unpaired) electrons. The Kier molecular flexibility index (Phi) is 13.0. The van der Waals surface area contributed by atoms with Crippen molar-refractivity contribution in [1.82, 2.24) is 0 Å². The molecule has 2 aromatic rings. The van der Waals surface area contributed by atoms with Crippen LogP contribution < -0.4 is 0 Å². The van der Waals surface area contributed by atoms with Gasteiger partial charge >= 0.3 is 0 Å². The fourth-order valence-electron chi connectivity index (χ4n) is 4.14. The van der Waals surface area contributed by atoms with Crippen LogP contribution >= 0.6 is 0 Å². The van der Waals surface area contributed by atoms with Crippen LogP contribution in [0.4, 0.5) is 0 Å². The molecule has 0 spiro atoms. The van der Waals surface area contributed by atoms with Crippen LogP contribution in [0.3, 0.4) is 0 Å². The molecule has 0 aliphatic heterocycles. The van der Waals surface area contributed by atoms with Crippen molar-refractivity contribution in [1.29, 1.82) is 0 Å². The van der Waals surface area contributed by atoms with Gasteiger partial charge < -0.3 is 0 Å². The van der Waals surface area contributed by atoms with Gasteiger partial charge in [-0.15, -0.1) is 0 Å². The summed E-state index contributed by atoms with van der Waals surface area (Å²) in [6, 6.07) is 17.9. The average Bonchev–Trinajstić information content (AvgIpc) is 2.78. The van der Waals surface area contributed by atoms with Crippen molar-refractivity contribution >= 4 is 12.2 Å². The minimum absolute atomic E-state index is 1.21. The van der Waals surface area contributed by atoms with Crippen molar-refractivity contribution < 1.29 is 0 Å². The molecule has 164 valence electrons. The summed E-state index contributed by atoms with van der Waals surface area (Å²) in [6.45, 7) is 4.58. The van der Waals surface area contributed by atoms with Crippen LogP contribution in [-0.4, -0.2) is 0 Å². The van der Waals surface area contributed by atoms with Crippen LogP contribution in [0.1, 0.15) is 113 Å². The smallest absolute Gasteiger partial charge is 0.0222 e. The topological polar surface area (TPSA) is 0 Å². The second-order valence-corrected chi connectivity index (χ2v) is 8.81. The van der Waals surface area contributed by atoms with E-state index < -0.39 is 0 Å². The third-order valence-electron chi connectivity index (χ3n) is 6.08. The molecule has 30 heavy (non-hydrogen) atoms. The number of aryl methyl sites for hydroxylation is 2.